The van der Waals surface area contributed by atoms with Gasteiger partial charge in [0.1, 0.15) is 5.75 Å². The van der Waals surface area contributed by atoms with E-state index in [1.54, 1.807) is 18.2 Å². The molecule has 0 saturated heterocycles. The second-order valence-corrected chi connectivity index (χ2v) is 7.33. The Morgan fingerprint density at radius 1 is 1.42 bits per heavy atom. The first kappa shape index (κ1) is 20.5. The van der Waals surface area contributed by atoms with Crippen LogP contribution in [0.4, 0.5) is 0 Å². The molecule has 1 aliphatic carbocycles. The van der Waals surface area contributed by atoms with E-state index < -0.39 is 0 Å². The van der Waals surface area contributed by atoms with Gasteiger partial charge in [0.15, 0.2) is 0 Å². The van der Waals surface area contributed by atoms with Crippen molar-refractivity contribution >= 4 is 34.8 Å². The average molecular weight is 395 g/mol. The molecule has 1 aromatic rings. The Balaban J connectivity index is 1.75. The van der Waals surface area contributed by atoms with Crippen LogP contribution in [0.15, 0.2) is 47.1 Å². The Morgan fingerprint density at radius 2 is 2.19 bits per heavy atom. The molecule has 1 aromatic carbocycles. The van der Waals surface area contributed by atoms with E-state index in [1.807, 2.05) is 13.8 Å². The summed E-state index contributed by atoms with van der Waals surface area (Å²) in [6.45, 7) is 8.46. The van der Waals surface area contributed by atoms with Gasteiger partial charge in [0, 0.05) is 11.4 Å². The van der Waals surface area contributed by atoms with Gasteiger partial charge in [0.25, 0.3) is 0 Å². The summed E-state index contributed by atoms with van der Waals surface area (Å²) in [6.07, 6.45) is 4.85. The number of hydrogen-bond acceptors (Lipinski definition) is 3. The molecule has 2 rings (SSSR count). The zero-order valence-electron chi connectivity index (χ0n) is 15.1. The molecule has 6 heteroatoms. The molecule has 0 fully saturated rings. The third kappa shape index (κ3) is 6.19. The number of carbonyl (C=O) groups is 1. The number of benzene rings is 1. The lowest BCUT2D eigenvalue weighted by Gasteiger charge is -2.22. The maximum atomic E-state index is 12.0. The standard InChI is InChI=1S/C20H24Cl2N2O2/c1-13(2)15-7-6-14(3)18(11-15)23-24-20(25)5-4-10-26-19-9-8-16(21)12-17(19)22/h6,8-9,12,15H,1,4-5,7,10-11H2,2-3H3,(H,24,25)/b23-18-. The van der Waals surface area contributed by atoms with Crippen LogP contribution in [0.3, 0.4) is 0 Å². The summed E-state index contributed by atoms with van der Waals surface area (Å²) in [6, 6.07) is 5.05. The van der Waals surface area contributed by atoms with Crippen molar-refractivity contribution in [1.82, 2.24) is 5.43 Å². The molecule has 0 saturated carbocycles. The Bertz CT molecular complexity index is 741. The third-order valence-corrected chi connectivity index (χ3v) is 4.85. The average Bonchev–Trinajstić information content (AvgIpc) is 2.59. The van der Waals surface area contributed by atoms with Crippen molar-refractivity contribution in [2.75, 3.05) is 6.61 Å². The van der Waals surface area contributed by atoms with Crippen molar-refractivity contribution in [1.29, 1.82) is 0 Å². The molecule has 1 amide bonds. The number of carbonyl (C=O) groups excluding carboxylic acids is 1. The van der Waals surface area contributed by atoms with E-state index >= 15 is 0 Å². The lowest BCUT2D eigenvalue weighted by molar-refractivity contribution is -0.121. The van der Waals surface area contributed by atoms with Crippen molar-refractivity contribution in [3.05, 3.63) is 52.0 Å². The van der Waals surface area contributed by atoms with E-state index in [2.05, 4.69) is 23.2 Å². The largest absolute Gasteiger partial charge is 0.492 e. The molecule has 0 radical (unpaired) electrons. The summed E-state index contributed by atoms with van der Waals surface area (Å²) in [7, 11) is 0. The number of nitrogens with one attached hydrogen (secondary N) is 1. The molecule has 0 aliphatic heterocycles. The number of hydrogen-bond donors (Lipinski definition) is 1. The van der Waals surface area contributed by atoms with Crippen LogP contribution in [0.2, 0.25) is 10.0 Å². The summed E-state index contributed by atoms with van der Waals surface area (Å²) < 4.78 is 5.57. The molecule has 0 spiro atoms. The highest BCUT2D eigenvalue weighted by molar-refractivity contribution is 6.35. The van der Waals surface area contributed by atoms with Crippen LogP contribution in [0.25, 0.3) is 0 Å². The molecule has 1 atom stereocenters. The molecular formula is C20H24Cl2N2O2. The number of amides is 1. The molecule has 4 nitrogen and oxygen atoms in total. The Hall–Kier alpha value is -1.78. The summed E-state index contributed by atoms with van der Waals surface area (Å²) in [4.78, 5) is 12.0. The first-order valence-corrected chi connectivity index (χ1v) is 9.38. The monoisotopic (exact) mass is 394 g/mol. The molecular weight excluding hydrogens is 371 g/mol. The first-order chi connectivity index (χ1) is 12.4. The van der Waals surface area contributed by atoms with Crippen LogP contribution in [0.5, 0.6) is 5.75 Å². The maximum Gasteiger partial charge on any atom is 0.240 e. The van der Waals surface area contributed by atoms with E-state index in [1.165, 1.54) is 0 Å². The van der Waals surface area contributed by atoms with Crippen LogP contribution < -0.4 is 10.2 Å². The molecule has 1 unspecified atom stereocenters. The lowest BCUT2D eigenvalue weighted by Crippen LogP contribution is -2.23. The van der Waals surface area contributed by atoms with Gasteiger partial charge in [-0.25, -0.2) is 5.43 Å². The Labute approximate surface area is 164 Å². The molecule has 1 aliphatic rings. The number of nitrogens with zero attached hydrogens (tertiary/aromatic N) is 1. The van der Waals surface area contributed by atoms with E-state index in [-0.39, 0.29) is 5.91 Å². The van der Waals surface area contributed by atoms with Gasteiger partial charge in [-0.1, -0.05) is 41.4 Å². The van der Waals surface area contributed by atoms with E-state index in [0.717, 1.165) is 29.7 Å². The van der Waals surface area contributed by atoms with Crippen molar-refractivity contribution in [3.8, 4) is 5.75 Å². The van der Waals surface area contributed by atoms with Gasteiger partial charge in [-0.2, -0.15) is 5.10 Å². The SMILES string of the molecule is C=C(C)C1CC=C(C)/C(=N\NC(=O)CCCOc2ccc(Cl)cc2Cl)C1. The Morgan fingerprint density at radius 3 is 2.88 bits per heavy atom. The smallest absolute Gasteiger partial charge is 0.240 e. The molecule has 0 heterocycles. The van der Waals surface area contributed by atoms with Gasteiger partial charge < -0.3 is 4.74 Å². The van der Waals surface area contributed by atoms with Crippen molar-refractivity contribution in [2.45, 2.75) is 39.5 Å². The quantitative estimate of drug-likeness (QED) is 0.374. The minimum atomic E-state index is -0.131. The fraction of sp³-hybridized carbons (Fsp3) is 0.400. The number of allylic oxidation sites excluding steroid dienone is 3. The van der Waals surface area contributed by atoms with E-state index in [9.17, 15) is 4.79 Å². The fourth-order valence-electron chi connectivity index (χ4n) is 2.62. The van der Waals surface area contributed by atoms with Gasteiger partial charge in [-0.05, 0) is 62.8 Å². The van der Waals surface area contributed by atoms with E-state index in [4.69, 9.17) is 27.9 Å². The minimum absolute atomic E-state index is 0.131. The van der Waals surface area contributed by atoms with Crippen molar-refractivity contribution in [3.63, 3.8) is 0 Å². The maximum absolute atomic E-state index is 12.0. The highest BCUT2D eigenvalue weighted by Crippen LogP contribution is 2.28. The van der Waals surface area contributed by atoms with Crippen LogP contribution in [0.1, 0.15) is 39.5 Å². The number of rotatable bonds is 7. The van der Waals surface area contributed by atoms with Crippen LogP contribution in [-0.2, 0) is 4.79 Å². The van der Waals surface area contributed by atoms with Gasteiger partial charge in [-0.15, -0.1) is 0 Å². The van der Waals surface area contributed by atoms with Gasteiger partial charge in [0.2, 0.25) is 5.91 Å². The molecule has 26 heavy (non-hydrogen) atoms. The van der Waals surface area contributed by atoms with Crippen molar-refractivity contribution < 1.29 is 9.53 Å². The summed E-state index contributed by atoms with van der Waals surface area (Å²) in [5, 5.41) is 5.30. The second-order valence-electron chi connectivity index (χ2n) is 6.49. The molecule has 0 aromatic heterocycles. The van der Waals surface area contributed by atoms with Gasteiger partial charge in [0.05, 0.1) is 17.3 Å². The van der Waals surface area contributed by atoms with Crippen LogP contribution in [-0.4, -0.2) is 18.2 Å². The zero-order valence-corrected chi connectivity index (χ0v) is 16.7. The summed E-state index contributed by atoms with van der Waals surface area (Å²) in [5.74, 6) is 0.825. The predicted octanol–water partition coefficient (Wildman–Crippen LogP) is 5.56. The minimum Gasteiger partial charge on any atom is -0.492 e. The topological polar surface area (TPSA) is 50.7 Å². The third-order valence-electron chi connectivity index (χ3n) is 4.32. The molecule has 1 N–H and O–H groups in total. The zero-order chi connectivity index (χ0) is 19.1. The van der Waals surface area contributed by atoms with Gasteiger partial charge >= 0.3 is 0 Å². The normalized spacial score (nSPS) is 18.4. The van der Waals surface area contributed by atoms with Crippen LogP contribution >= 0.6 is 23.2 Å². The van der Waals surface area contributed by atoms with Crippen LogP contribution in [0, 0.1) is 5.92 Å². The molecule has 140 valence electrons. The summed E-state index contributed by atoms with van der Waals surface area (Å²) >= 11 is 11.9. The molecule has 0 bridgehead atoms. The predicted molar refractivity (Wildman–Crippen MR) is 108 cm³/mol. The lowest BCUT2D eigenvalue weighted by atomic mass is 9.85. The Kier molecular flexibility index (Phi) is 7.73. The van der Waals surface area contributed by atoms with Crippen molar-refractivity contribution in [2.24, 2.45) is 11.0 Å². The summed E-state index contributed by atoms with van der Waals surface area (Å²) in [5.41, 5.74) is 5.82. The fourth-order valence-corrected chi connectivity index (χ4v) is 3.08. The number of ether oxygens (including phenoxy) is 1. The highest BCUT2D eigenvalue weighted by atomic mass is 35.5. The number of halogens is 2. The second kappa shape index (κ2) is 9.79. The van der Waals surface area contributed by atoms with Gasteiger partial charge in [-0.3, -0.25) is 4.79 Å². The van der Waals surface area contributed by atoms with E-state index in [0.29, 0.717) is 41.2 Å². The number of hydrazone groups is 1. The highest BCUT2D eigenvalue weighted by Gasteiger charge is 2.18. The first-order valence-electron chi connectivity index (χ1n) is 8.62.